The molecule has 0 unspecified atom stereocenters. The van der Waals surface area contributed by atoms with Gasteiger partial charge in [-0.05, 0) is 24.1 Å². The van der Waals surface area contributed by atoms with Gasteiger partial charge < -0.3 is 10.6 Å². The van der Waals surface area contributed by atoms with Crippen molar-refractivity contribution in [3.63, 3.8) is 0 Å². The van der Waals surface area contributed by atoms with Gasteiger partial charge in [-0.3, -0.25) is 9.48 Å². The van der Waals surface area contributed by atoms with Crippen molar-refractivity contribution in [1.82, 2.24) is 20.1 Å². The zero-order valence-corrected chi connectivity index (χ0v) is 11.1. The van der Waals surface area contributed by atoms with Crippen molar-refractivity contribution in [3.05, 3.63) is 41.9 Å². The molecule has 0 saturated carbocycles. The van der Waals surface area contributed by atoms with Crippen LogP contribution in [-0.4, -0.2) is 34.3 Å². The lowest BCUT2D eigenvalue weighted by molar-refractivity contribution is 0.0954. The van der Waals surface area contributed by atoms with Crippen molar-refractivity contribution < 1.29 is 4.79 Å². The number of nitrogens with one attached hydrogen (secondary N) is 2. The number of aryl methyl sites for hydroxylation is 1. The monoisotopic (exact) mass is 259 g/mol. The lowest BCUT2D eigenvalue weighted by Crippen LogP contribution is -2.26. The van der Waals surface area contributed by atoms with Crippen LogP contribution in [-0.2, 0) is 13.5 Å². The standard InChI is InChI=1S/C13H17N5O/c1-14-12-11(4-3-6-15-12)13(19)16-7-5-10-8-17-18(2)9-10/h3-4,6,8-9H,5,7H2,1-2H3,(H,14,15)(H,16,19). The fraction of sp³-hybridized carbons (Fsp3) is 0.308. The van der Waals surface area contributed by atoms with E-state index in [0.717, 1.165) is 12.0 Å². The molecule has 6 heteroatoms. The van der Waals surface area contributed by atoms with Crippen LogP contribution in [0.25, 0.3) is 0 Å². The Balaban J connectivity index is 1.90. The van der Waals surface area contributed by atoms with Gasteiger partial charge in [-0.1, -0.05) is 0 Å². The van der Waals surface area contributed by atoms with Gasteiger partial charge in [0, 0.05) is 33.0 Å². The van der Waals surface area contributed by atoms with E-state index in [2.05, 4.69) is 20.7 Å². The Morgan fingerprint density at radius 3 is 3.00 bits per heavy atom. The third-order valence-electron chi connectivity index (χ3n) is 2.75. The summed E-state index contributed by atoms with van der Waals surface area (Å²) in [6.07, 6.45) is 6.15. The summed E-state index contributed by atoms with van der Waals surface area (Å²) in [4.78, 5) is 16.1. The van der Waals surface area contributed by atoms with Crippen LogP contribution >= 0.6 is 0 Å². The maximum Gasteiger partial charge on any atom is 0.255 e. The highest BCUT2D eigenvalue weighted by molar-refractivity contribution is 5.98. The first-order valence-corrected chi connectivity index (χ1v) is 6.09. The van der Waals surface area contributed by atoms with Crippen molar-refractivity contribution >= 4 is 11.7 Å². The van der Waals surface area contributed by atoms with Gasteiger partial charge in [-0.25, -0.2) is 4.98 Å². The van der Waals surface area contributed by atoms with Crippen molar-refractivity contribution in [1.29, 1.82) is 0 Å². The van der Waals surface area contributed by atoms with Gasteiger partial charge in [0.2, 0.25) is 0 Å². The Morgan fingerprint density at radius 1 is 1.47 bits per heavy atom. The van der Waals surface area contributed by atoms with Crippen LogP contribution in [0.1, 0.15) is 15.9 Å². The van der Waals surface area contributed by atoms with Crippen molar-refractivity contribution in [2.24, 2.45) is 7.05 Å². The van der Waals surface area contributed by atoms with E-state index < -0.39 is 0 Å². The fourth-order valence-corrected chi connectivity index (χ4v) is 1.80. The molecule has 0 fully saturated rings. The minimum atomic E-state index is -0.124. The molecule has 0 aliphatic rings. The molecule has 19 heavy (non-hydrogen) atoms. The normalized spacial score (nSPS) is 10.2. The SMILES string of the molecule is CNc1ncccc1C(=O)NCCc1cnn(C)c1. The number of carbonyl (C=O) groups is 1. The number of pyridine rings is 1. The molecule has 0 saturated heterocycles. The molecular weight excluding hydrogens is 242 g/mol. The van der Waals surface area contributed by atoms with Gasteiger partial charge in [-0.2, -0.15) is 5.10 Å². The fourth-order valence-electron chi connectivity index (χ4n) is 1.80. The maximum absolute atomic E-state index is 12.0. The van der Waals surface area contributed by atoms with Crippen molar-refractivity contribution in [2.75, 3.05) is 18.9 Å². The highest BCUT2D eigenvalue weighted by Gasteiger charge is 2.10. The van der Waals surface area contributed by atoms with Crippen LogP contribution in [0.2, 0.25) is 0 Å². The molecule has 2 heterocycles. The van der Waals surface area contributed by atoms with E-state index in [0.29, 0.717) is 17.9 Å². The molecule has 0 aliphatic heterocycles. The van der Waals surface area contributed by atoms with Gasteiger partial charge in [0.1, 0.15) is 5.82 Å². The minimum absolute atomic E-state index is 0.124. The summed E-state index contributed by atoms with van der Waals surface area (Å²) in [5.74, 6) is 0.461. The zero-order chi connectivity index (χ0) is 13.7. The Hall–Kier alpha value is -2.37. The topological polar surface area (TPSA) is 71.8 Å². The summed E-state index contributed by atoms with van der Waals surface area (Å²) in [6, 6.07) is 3.50. The van der Waals surface area contributed by atoms with Gasteiger partial charge in [0.15, 0.2) is 0 Å². The number of nitrogens with zero attached hydrogens (tertiary/aromatic N) is 3. The van der Waals surface area contributed by atoms with E-state index in [4.69, 9.17) is 0 Å². The highest BCUT2D eigenvalue weighted by Crippen LogP contribution is 2.09. The summed E-state index contributed by atoms with van der Waals surface area (Å²) in [7, 11) is 3.62. The third kappa shape index (κ3) is 3.31. The number of carbonyl (C=O) groups excluding carboxylic acids is 1. The van der Waals surface area contributed by atoms with Gasteiger partial charge in [-0.15, -0.1) is 0 Å². The molecule has 0 atom stereocenters. The summed E-state index contributed by atoms with van der Waals surface area (Å²) in [5.41, 5.74) is 1.65. The summed E-state index contributed by atoms with van der Waals surface area (Å²) < 4.78 is 1.75. The molecule has 6 nitrogen and oxygen atoms in total. The largest absolute Gasteiger partial charge is 0.372 e. The molecule has 2 N–H and O–H groups in total. The molecule has 0 aliphatic carbocycles. The Bertz CT molecular complexity index is 564. The predicted octanol–water partition coefficient (Wildman–Crippen LogP) is 0.829. The van der Waals surface area contributed by atoms with Crippen LogP contribution in [0.4, 0.5) is 5.82 Å². The van der Waals surface area contributed by atoms with E-state index in [-0.39, 0.29) is 5.91 Å². The number of amides is 1. The second-order valence-corrected chi connectivity index (χ2v) is 4.18. The molecular formula is C13H17N5O. The second-order valence-electron chi connectivity index (χ2n) is 4.18. The minimum Gasteiger partial charge on any atom is -0.372 e. The number of hydrogen-bond acceptors (Lipinski definition) is 4. The van der Waals surface area contributed by atoms with E-state index in [9.17, 15) is 4.79 Å². The average molecular weight is 259 g/mol. The lowest BCUT2D eigenvalue weighted by Gasteiger charge is -2.08. The van der Waals surface area contributed by atoms with Crippen LogP contribution in [0.15, 0.2) is 30.7 Å². The molecule has 0 aromatic carbocycles. The molecule has 0 radical (unpaired) electrons. The summed E-state index contributed by atoms with van der Waals surface area (Å²) in [5, 5.41) is 9.86. The Morgan fingerprint density at radius 2 is 2.32 bits per heavy atom. The average Bonchev–Trinajstić information content (AvgIpc) is 2.84. The maximum atomic E-state index is 12.0. The van der Waals surface area contributed by atoms with E-state index in [1.54, 1.807) is 36.3 Å². The van der Waals surface area contributed by atoms with Gasteiger partial charge in [0.05, 0.1) is 11.8 Å². The van der Waals surface area contributed by atoms with Crippen LogP contribution in [0.5, 0.6) is 0 Å². The third-order valence-corrected chi connectivity index (χ3v) is 2.75. The predicted molar refractivity (Wildman–Crippen MR) is 73.0 cm³/mol. The number of rotatable bonds is 5. The van der Waals surface area contributed by atoms with E-state index in [1.807, 2.05) is 13.2 Å². The van der Waals surface area contributed by atoms with Crippen molar-refractivity contribution in [3.8, 4) is 0 Å². The Kier molecular flexibility index (Phi) is 4.12. The van der Waals surface area contributed by atoms with Gasteiger partial charge >= 0.3 is 0 Å². The second kappa shape index (κ2) is 5.99. The molecule has 100 valence electrons. The quantitative estimate of drug-likeness (QED) is 0.834. The Labute approximate surface area is 111 Å². The molecule has 0 spiro atoms. The molecule has 2 rings (SSSR count). The van der Waals surface area contributed by atoms with Crippen LogP contribution < -0.4 is 10.6 Å². The van der Waals surface area contributed by atoms with Gasteiger partial charge in [0.25, 0.3) is 5.91 Å². The van der Waals surface area contributed by atoms with Crippen LogP contribution in [0.3, 0.4) is 0 Å². The molecule has 2 aromatic heterocycles. The number of hydrogen-bond donors (Lipinski definition) is 2. The smallest absolute Gasteiger partial charge is 0.255 e. The van der Waals surface area contributed by atoms with E-state index in [1.165, 1.54) is 0 Å². The first-order chi connectivity index (χ1) is 9.20. The highest BCUT2D eigenvalue weighted by atomic mass is 16.1. The molecule has 0 bridgehead atoms. The first kappa shape index (κ1) is 13.1. The summed E-state index contributed by atoms with van der Waals surface area (Å²) >= 11 is 0. The lowest BCUT2D eigenvalue weighted by atomic mass is 10.2. The molecule has 1 amide bonds. The summed E-state index contributed by atoms with van der Waals surface area (Å²) in [6.45, 7) is 0.572. The van der Waals surface area contributed by atoms with E-state index >= 15 is 0 Å². The molecule has 2 aromatic rings. The van der Waals surface area contributed by atoms with Crippen LogP contribution in [0, 0.1) is 0 Å². The van der Waals surface area contributed by atoms with Crippen molar-refractivity contribution in [2.45, 2.75) is 6.42 Å². The first-order valence-electron chi connectivity index (χ1n) is 6.09. The number of aromatic nitrogens is 3. The zero-order valence-electron chi connectivity index (χ0n) is 11.1. The number of anilines is 1.